The van der Waals surface area contributed by atoms with Gasteiger partial charge < -0.3 is 20.7 Å². The van der Waals surface area contributed by atoms with Crippen LogP contribution in [0.2, 0.25) is 0 Å². The summed E-state index contributed by atoms with van der Waals surface area (Å²) in [6.45, 7) is -0.300. The monoisotopic (exact) mass is 273 g/mol. The fraction of sp³-hybridized carbons (Fsp3) is 0.600. The molecule has 1 aliphatic rings. The number of aromatic nitrogens is 2. The highest BCUT2D eigenvalue weighted by atomic mass is 32.2. The number of anilines is 1. The third-order valence-electron chi connectivity index (χ3n) is 2.89. The highest BCUT2D eigenvalue weighted by molar-refractivity contribution is 7.99. The van der Waals surface area contributed by atoms with Crippen molar-refractivity contribution in [3.8, 4) is 0 Å². The molecule has 1 aromatic heterocycles. The quantitative estimate of drug-likeness (QED) is 0.635. The SMILES string of the molecule is CSC1[C@@H](O)C(CO)O[C@H]1n1ccc(N)nc1=O. The Morgan fingerprint density at radius 1 is 1.67 bits per heavy atom. The Kier molecular flexibility index (Phi) is 3.91. The molecular formula is C10H15N3O4S. The summed E-state index contributed by atoms with van der Waals surface area (Å²) >= 11 is 1.37. The number of nitrogens with two attached hydrogens (primary N) is 1. The van der Waals surface area contributed by atoms with Gasteiger partial charge in [0.15, 0.2) is 6.23 Å². The molecular weight excluding hydrogens is 258 g/mol. The summed E-state index contributed by atoms with van der Waals surface area (Å²) in [6.07, 6.45) is 1.09. The van der Waals surface area contributed by atoms with E-state index < -0.39 is 24.1 Å². The standard InChI is InChI=1S/C10H15N3O4S/c1-18-8-7(15)5(4-14)17-9(8)13-3-2-6(11)12-10(13)16/h2-3,5,7-9,14-15H,4H2,1H3,(H2,11,12,16)/t5?,7-,8?,9+/m0/s1. The summed E-state index contributed by atoms with van der Waals surface area (Å²) in [5.41, 5.74) is 4.88. The number of hydrogen-bond acceptors (Lipinski definition) is 7. The summed E-state index contributed by atoms with van der Waals surface area (Å²) < 4.78 is 6.77. The predicted octanol–water partition coefficient (Wildman–Crippen LogP) is -1.19. The molecule has 0 spiro atoms. The highest BCUT2D eigenvalue weighted by Crippen LogP contribution is 2.35. The van der Waals surface area contributed by atoms with Gasteiger partial charge in [-0.2, -0.15) is 16.7 Å². The molecule has 2 unspecified atom stereocenters. The van der Waals surface area contributed by atoms with Crippen molar-refractivity contribution >= 4 is 17.6 Å². The first kappa shape index (κ1) is 13.3. The second kappa shape index (κ2) is 5.27. The number of thioether (sulfide) groups is 1. The van der Waals surface area contributed by atoms with Gasteiger partial charge in [0.1, 0.15) is 11.9 Å². The topological polar surface area (TPSA) is 111 Å². The fourth-order valence-electron chi connectivity index (χ4n) is 1.97. The average molecular weight is 273 g/mol. The molecule has 0 radical (unpaired) electrons. The number of hydrogen-bond donors (Lipinski definition) is 3. The molecule has 1 aromatic rings. The van der Waals surface area contributed by atoms with Crippen molar-refractivity contribution in [1.29, 1.82) is 0 Å². The fourth-order valence-corrected chi connectivity index (χ4v) is 2.85. The molecule has 18 heavy (non-hydrogen) atoms. The van der Waals surface area contributed by atoms with Gasteiger partial charge >= 0.3 is 5.69 Å². The van der Waals surface area contributed by atoms with Crippen molar-refractivity contribution in [2.45, 2.75) is 23.7 Å². The Bertz CT molecular complexity index is 480. The van der Waals surface area contributed by atoms with Crippen LogP contribution in [0.5, 0.6) is 0 Å². The van der Waals surface area contributed by atoms with E-state index in [4.69, 9.17) is 15.6 Å². The molecule has 1 saturated heterocycles. The summed E-state index contributed by atoms with van der Waals surface area (Å²) in [6, 6.07) is 1.49. The molecule has 0 aromatic carbocycles. The summed E-state index contributed by atoms with van der Waals surface area (Å²) in [5.74, 6) is 0.134. The lowest BCUT2D eigenvalue weighted by atomic mass is 10.2. The van der Waals surface area contributed by atoms with Crippen molar-refractivity contribution in [3.05, 3.63) is 22.7 Å². The van der Waals surface area contributed by atoms with E-state index in [2.05, 4.69) is 4.98 Å². The van der Waals surface area contributed by atoms with E-state index in [-0.39, 0.29) is 17.7 Å². The first-order valence-corrected chi connectivity index (χ1v) is 6.69. The molecule has 0 saturated carbocycles. The van der Waals surface area contributed by atoms with Crippen LogP contribution >= 0.6 is 11.8 Å². The smallest absolute Gasteiger partial charge is 0.351 e. The Hall–Kier alpha value is -1.09. The number of aliphatic hydroxyl groups is 2. The van der Waals surface area contributed by atoms with Crippen LogP contribution in [-0.4, -0.2) is 50.1 Å². The van der Waals surface area contributed by atoms with Crippen LogP contribution in [0.15, 0.2) is 17.1 Å². The molecule has 4 N–H and O–H groups in total. The number of nitrogens with zero attached hydrogens (tertiary/aromatic N) is 2. The second-order valence-electron chi connectivity index (χ2n) is 3.98. The van der Waals surface area contributed by atoms with Crippen LogP contribution in [-0.2, 0) is 4.74 Å². The predicted molar refractivity (Wildman–Crippen MR) is 67.2 cm³/mol. The van der Waals surface area contributed by atoms with Gasteiger partial charge in [0.25, 0.3) is 0 Å². The minimum absolute atomic E-state index is 0.134. The van der Waals surface area contributed by atoms with Crippen LogP contribution in [0.4, 0.5) is 5.82 Å². The number of ether oxygens (including phenoxy) is 1. The summed E-state index contributed by atoms with van der Waals surface area (Å²) in [4.78, 5) is 15.3. The molecule has 7 nitrogen and oxygen atoms in total. The molecule has 8 heteroatoms. The molecule has 0 amide bonds. The molecule has 100 valence electrons. The molecule has 1 aliphatic heterocycles. The van der Waals surface area contributed by atoms with E-state index in [0.717, 1.165) is 0 Å². The van der Waals surface area contributed by atoms with E-state index in [9.17, 15) is 9.90 Å². The maximum atomic E-state index is 11.7. The zero-order valence-electron chi connectivity index (χ0n) is 9.76. The van der Waals surface area contributed by atoms with Crippen molar-refractivity contribution in [3.63, 3.8) is 0 Å². The van der Waals surface area contributed by atoms with Crippen LogP contribution < -0.4 is 11.4 Å². The van der Waals surface area contributed by atoms with Gasteiger partial charge in [0.05, 0.1) is 18.0 Å². The van der Waals surface area contributed by atoms with Crippen molar-refractivity contribution in [1.82, 2.24) is 9.55 Å². The normalized spacial score (nSPS) is 31.7. The van der Waals surface area contributed by atoms with E-state index in [1.807, 2.05) is 0 Å². The maximum absolute atomic E-state index is 11.7. The van der Waals surface area contributed by atoms with Gasteiger partial charge in [-0.1, -0.05) is 0 Å². The Labute approximate surface area is 108 Å². The first-order valence-electron chi connectivity index (χ1n) is 5.40. The largest absolute Gasteiger partial charge is 0.394 e. The minimum atomic E-state index is -0.834. The van der Waals surface area contributed by atoms with E-state index in [1.165, 1.54) is 28.6 Å². The lowest BCUT2D eigenvalue weighted by Gasteiger charge is -2.19. The lowest BCUT2D eigenvalue weighted by molar-refractivity contribution is -0.0456. The second-order valence-corrected chi connectivity index (χ2v) is 5.00. The number of nitrogen functional groups attached to an aromatic ring is 1. The van der Waals surface area contributed by atoms with Gasteiger partial charge in [-0.05, 0) is 12.3 Å². The van der Waals surface area contributed by atoms with Crippen molar-refractivity contribution in [2.75, 3.05) is 18.6 Å². The van der Waals surface area contributed by atoms with E-state index in [1.54, 1.807) is 6.26 Å². The van der Waals surface area contributed by atoms with Crippen LogP contribution in [0.25, 0.3) is 0 Å². The molecule has 2 rings (SSSR count). The Morgan fingerprint density at radius 3 is 2.94 bits per heavy atom. The summed E-state index contributed by atoms with van der Waals surface area (Å²) in [5, 5.41) is 18.7. The zero-order chi connectivity index (χ0) is 13.3. The van der Waals surface area contributed by atoms with Crippen LogP contribution in [0, 0.1) is 0 Å². The lowest BCUT2D eigenvalue weighted by Crippen LogP contribution is -2.34. The minimum Gasteiger partial charge on any atom is -0.394 e. The molecule has 0 bridgehead atoms. The van der Waals surface area contributed by atoms with Gasteiger partial charge in [0, 0.05) is 6.20 Å². The van der Waals surface area contributed by atoms with Crippen LogP contribution in [0.3, 0.4) is 0 Å². The third-order valence-corrected chi connectivity index (χ3v) is 3.95. The molecule has 2 heterocycles. The molecule has 4 atom stereocenters. The van der Waals surface area contributed by atoms with E-state index >= 15 is 0 Å². The maximum Gasteiger partial charge on any atom is 0.351 e. The molecule has 1 fully saturated rings. The Morgan fingerprint density at radius 2 is 2.39 bits per heavy atom. The van der Waals surface area contributed by atoms with Gasteiger partial charge in [-0.25, -0.2) is 4.79 Å². The zero-order valence-corrected chi connectivity index (χ0v) is 10.6. The van der Waals surface area contributed by atoms with Gasteiger partial charge in [-0.15, -0.1) is 0 Å². The number of rotatable bonds is 3. The van der Waals surface area contributed by atoms with Crippen molar-refractivity contribution < 1.29 is 14.9 Å². The van der Waals surface area contributed by atoms with Gasteiger partial charge in [-0.3, -0.25) is 4.57 Å². The van der Waals surface area contributed by atoms with Crippen molar-refractivity contribution in [2.24, 2.45) is 0 Å². The summed E-state index contributed by atoms with van der Waals surface area (Å²) in [7, 11) is 0. The highest BCUT2D eigenvalue weighted by Gasteiger charge is 2.44. The molecule has 0 aliphatic carbocycles. The number of aliphatic hydroxyl groups excluding tert-OH is 2. The third kappa shape index (κ3) is 2.24. The first-order chi connectivity index (χ1) is 8.58. The van der Waals surface area contributed by atoms with E-state index in [0.29, 0.717) is 0 Å². The van der Waals surface area contributed by atoms with Crippen LogP contribution in [0.1, 0.15) is 6.23 Å². The average Bonchev–Trinajstić information content (AvgIpc) is 2.65. The Balaban J connectivity index is 2.35. The van der Waals surface area contributed by atoms with Gasteiger partial charge in [0.2, 0.25) is 0 Å².